The fourth-order valence-corrected chi connectivity index (χ4v) is 6.09. The van der Waals surface area contributed by atoms with Crippen LogP contribution >= 0.6 is 11.3 Å². The minimum absolute atomic E-state index is 0.121. The van der Waals surface area contributed by atoms with Gasteiger partial charge in [-0.3, -0.25) is 24.1 Å². The summed E-state index contributed by atoms with van der Waals surface area (Å²) in [5, 5.41) is 5.13. The van der Waals surface area contributed by atoms with Gasteiger partial charge in [0.1, 0.15) is 6.04 Å². The van der Waals surface area contributed by atoms with E-state index in [-0.39, 0.29) is 24.1 Å². The number of hydrogen-bond acceptors (Lipinski definition) is 6. The number of thiophene rings is 1. The Labute approximate surface area is 208 Å². The molecule has 1 N–H and O–H groups in total. The molecule has 0 spiro atoms. The van der Waals surface area contributed by atoms with Crippen LogP contribution in [-0.2, 0) is 25.6 Å². The van der Waals surface area contributed by atoms with Crippen LogP contribution in [0.1, 0.15) is 10.4 Å². The fourth-order valence-electron chi connectivity index (χ4n) is 5.39. The van der Waals surface area contributed by atoms with Gasteiger partial charge < -0.3 is 15.1 Å². The molecular weight excluding hydrogens is 464 g/mol. The number of benzene rings is 1. The van der Waals surface area contributed by atoms with E-state index in [4.69, 9.17) is 0 Å². The lowest BCUT2D eigenvalue weighted by molar-refractivity contribution is -0.150. The van der Waals surface area contributed by atoms with Crippen molar-refractivity contribution in [1.29, 1.82) is 0 Å². The lowest BCUT2D eigenvalue weighted by Gasteiger charge is -2.36. The van der Waals surface area contributed by atoms with Gasteiger partial charge in [0.2, 0.25) is 23.6 Å². The highest BCUT2D eigenvalue weighted by Gasteiger charge is 2.64. The number of hydrogen-bond donors (Lipinski definition) is 1. The van der Waals surface area contributed by atoms with E-state index in [0.717, 1.165) is 15.3 Å². The van der Waals surface area contributed by atoms with Crippen molar-refractivity contribution in [2.75, 3.05) is 33.2 Å². The van der Waals surface area contributed by atoms with Gasteiger partial charge in [0.05, 0.1) is 24.3 Å². The van der Waals surface area contributed by atoms with Gasteiger partial charge in [-0.15, -0.1) is 11.3 Å². The van der Waals surface area contributed by atoms with Crippen LogP contribution in [0, 0.1) is 11.8 Å². The molecule has 0 saturated carbocycles. The van der Waals surface area contributed by atoms with E-state index >= 15 is 0 Å². The number of carbonyl (C=O) groups is 4. The standard InChI is InChI=1S/C26H28N4O4S/c1-28-24(32)21-19(10-9-17-6-3-2-4-7-17)30(20(31)16-18-8-5-15-35-18)23(22(21)25(28)33)26(34)29-13-11-27-12-14-29/h2-10,15,19,21-23,27H,11-14,16H2,1H3. The summed E-state index contributed by atoms with van der Waals surface area (Å²) >= 11 is 1.47. The van der Waals surface area contributed by atoms with Gasteiger partial charge in [-0.25, -0.2) is 0 Å². The Bertz CT molecular complexity index is 1140. The Balaban J connectivity index is 1.56. The number of nitrogens with zero attached hydrogens (tertiary/aromatic N) is 3. The summed E-state index contributed by atoms with van der Waals surface area (Å²) in [6.45, 7) is 2.31. The molecule has 4 heterocycles. The lowest BCUT2D eigenvalue weighted by atomic mass is 9.88. The molecule has 4 amide bonds. The van der Waals surface area contributed by atoms with E-state index in [0.29, 0.717) is 26.2 Å². The molecule has 3 fully saturated rings. The van der Waals surface area contributed by atoms with Crippen molar-refractivity contribution < 1.29 is 19.2 Å². The second kappa shape index (κ2) is 9.75. The number of rotatable bonds is 5. The van der Waals surface area contributed by atoms with Crippen LogP contribution in [0.2, 0.25) is 0 Å². The molecule has 5 rings (SSSR count). The van der Waals surface area contributed by atoms with Crippen LogP contribution < -0.4 is 5.32 Å². The molecule has 0 bridgehead atoms. The minimum Gasteiger partial charge on any atom is -0.338 e. The topological polar surface area (TPSA) is 90.0 Å². The highest BCUT2D eigenvalue weighted by molar-refractivity contribution is 7.10. The number of amides is 4. The monoisotopic (exact) mass is 492 g/mol. The molecule has 4 unspecified atom stereocenters. The molecule has 2 aromatic rings. The van der Waals surface area contributed by atoms with E-state index < -0.39 is 29.8 Å². The lowest BCUT2D eigenvalue weighted by Crippen LogP contribution is -2.57. The molecule has 0 aliphatic carbocycles. The number of carbonyl (C=O) groups excluding carboxylic acids is 4. The van der Waals surface area contributed by atoms with E-state index in [1.54, 1.807) is 4.90 Å². The third-order valence-electron chi connectivity index (χ3n) is 7.11. The number of nitrogens with one attached hydrogen (secondary N) is 1. The van der Waals surface area contributed by atoms with Crippen molar-refractivity contribution in [3.63, 3.8) is 0 Å². The molecule has 0 radical (unpaired) electrons. The highest BCUT2D eigenvalue weighted by Crippen LogP contribution is 2.44. The highest BCUT2D eigenvalue weighted by atomic mass is 32.1. The van der Waals surface area contributed by atoms with Gasteiger partial charge in [0.15, 0.2) is 0 Å². The second-order valence-corrected chi connectivity index (χ2v) is 10.2. The zero-order valence-corrected chi connectivity index (χ0v) is 20.3. The van der Waals surface area contributed by atoms with Crippen molar-refractivity contribution in [2.45, 2.75) is 18.5 Å². The zero-order chi connectivity index (χ0) is 24.5. The molecule has 1 aromatic carbocycles. The van der Waals surface area contributed by atoms with Crippen molar-refractivity contribution in [2.24, 2.45) is 11.8 Å². The summed E-state index contributed by atoms with van der Waals surface area (Å²) in [6, 6.07) is 11.7. The normalized spacial score (nSPS) is 26.6. The quantitative estimate of drug-likeness (QED) is 0.635. The van der Waals surface area contributed by atoms with Crippen LogP contribution in [0.4, 0.5) is 0 Å². The van der Waals surface area contributed by atoms with Crippen molar-refractivity contribution in [3.8, 4) is 0 Å². The first-order valence-electron chi connectivity index (χ1n) is 11.8. The number of likely N-dealkylation sites (tertiary alicyclic amines) is 2. The van der Waals surface area contributed by atoms with Crippen molar-refractivity contribution in [3.05, 3.63) is 64.4 Å². The third kappa shape index (κ3) is 4.30. The van der Waals surface area contributed by atoms with Crippen molar-refractivity contribution in [1.82, 2.24) is 20.0 Å². The Morgan fingerprint density at radius 3 is 2.43 bits per heavy atom. The molecule has 3 saturated heterocycles. The molecule has 182 valence electrons. The molecule has 1 aromatic heterocycles. The first-order valence-corrected chi connectivity index (χ1v) is 12.7. The molecule has 9 heteroatoms. The summed E-state index contributed by atoms with van der Waals surface area (Å²) in [5.41, 5.74) is 0.914. The molecular formula is C26H28N4O4S. The summed E-state index contributed by atoms with van der Waals surface area (Å²) < 4.78 is 0. The van der Waals surface area contributed by atoms with Crippen LogP contribution in [0.25, 0.3) is 6.08 Å². The summed E-state index contributed by atoms with van der Waals surface area (Å²) in [6.07, 6.45) is 3.80. The van der Waals surface area contributed by atoms with Gasteiger partial charge in [-0.2, -0.15) is 0 Å². The number of fused-ring (bicyclic) bond motifs is 1. The number of imide groups is 1. The maximum absolute atomic E-state index is 13.8. The van der Waals surface area contributed by atoms with Gasteiger partial charge in [-0.05, 0) is 17.0 Å². The molecule has 3 aliphatic rings. The second-order valence-electron chi connectivity index (χ2n) is 9.12. The van der Waals surface area contributed by atoms with Gasteiger partial charge in [-0.1, -0.05) is 48.6 Å². The van der Waals surface area contributed by atoms with Crippen LogP contribution in [0.15, 0.2) is 53.9 Å². The smallest absolute Gasteiger partial charge is 0.246 e. The fraction of sp³-hybridized carbons (Fsp3) is 0.385. The summed E-state index contributed by atoms with van der Waals surface area (Å²) in [4.78, 5) is 59.3. The Kier molecular flexibility index (Phi) is 6.53. The SMILES string of the molecule is CN1C(=O)C2C(C1=O)C(C(=O)N1CCNCC1)N(C(=O)Cc1cccs1)C2C=Cc1ccccc1. The van der Waals surface area contributed by atoms with Crippen LogP contribution in [0.5, 0.6) is 0 Å². The maximum Gasteiger partial charge on any atom is 0.246 e. The molecule has 3 aliphatic heterocycles. The number of piperazine rings is 1. The predicted octanol–water partition coefficient (Wildman–Crippen LogP) is 1.25. The van der Waals surface area contributed by atoms with E-state index in [1.165, 1.54) is 23.3 Å². The first kappa shape index (κ1) is 23.4. The minimum atomic E-state index is -1.00. The largest absolute Gasteiger partial charge is 0.338 e. The van der Waals surface area contributed by atoms with Crippen molar-refractivity contribution >= 4 is 41.0 Å². The molecule has 35 heavy (non-hydrogen) atoms. The third-order valence-corrected chi connectivity index (χ3v) is 7.98. The predicted molar refractivity (Wildman–Crippen MR) is 132 cm³/mol. The average molecular weight is 493 g/mol. The van der Waals surface area contributed by atoms with Crippen LogP contribution in [-0.4, -0.2) is 83.6 Å². The van der Waals surface area contributed by atoms with Gasteiger partial charge >= 0.3 is 0 Å². The summed E-state index contributed by atoms with van der Waals surface area (Å²) in [5.74, 6) is -2.90. The van der Waals surface area contributed by atoms with E-state index in [9.17, 15) is 19.2 Å². The molecule has 4 atom stereocenters. The first-order chi connectivity index (χ1) is 17.0. The average Bonchev–Trinajstić information content (AvgIpc) is 3.57. The maximum atomic E-state index is 13.8. The zero-order valence-electron chi connectivity index (χ0n) is 19.5. The van der Waals surface area contributed by atoms with Crippen LogP contribution in [0.3, 0.4) is 0 Å². The Morgan fingerprint density at radius 1 is 1.03 bits per heavy atom. The molecule has 8 nitrogen and oxygen atoms in total. The Morgan fingerprint density at radius 2 is 1.74 bits per heavy atom. The van der Waals surface area contributed by atoms with Gasteiger partial charge in [0.25, 0.3) is 0 Å². The summed E-state index contributed by atoms with van der Waals surface area (Å²) in [7, 11) is 1.46. The van der Waals surface area contributed by atoms with E-state index in [2.05, 4.69) is 5.32 Å². The van der Waals surface area contributed by atoms with Gasteiger partial charge in [0, 0.05) is 38.1 Å². The Hall–Kier alpha value is -3.30. The van der Waals surface area contributed by atoms with E-state index in [1.807, 2.05) is 60.0 Å².